The van der Waals surface area contributed by atoms with Crippen molar-refractivity contribution < 1.29 is 18.1 Å². The Morgan fingerprint density at radius 3 is 2.07 bits per heavy atom. The molecule has 3 aromatic carbocycles. The number of para-hydroxylation sites is 2. The van der Waals surface area contributed by atoms with Gasteiger partial charge in [-0.15, -0.1) is 0 Å². The van der Waals surface area contributed by atoms with Crippen LogP contribution in [0, 0.1) is 10.1 Å². The Labute approximate surface area is 155 Å². The number of rotatable bonds is 4. The predicted octanol–water partition coefficient (Wildman–Crippen LogP) is 3.77. The summed E-state index contributed by atoms with van der Waals surface area (Å²) < 4.78 is 34.4. The lowest BCUT2D eigenvalue weighted by atomic mass is 9.95. The van der Waals surface area contributed by atoms with Crippen molar-refractivity contribution in [2.45, 2.75) is 10.9 Å². The van der Waals surface area contributed by atoms with Crippen LogP contribution in [-0.4, -0.2) is 13.3 Å². The van der Waals surface area contributed by atoms with Crippen LogP contribution < -0.4 is 9.46 Å². The third kappa shape index (κ3) is 3.16. The minimum Gasteiger partial charge on any atom is -0.457 e. The lowest BCUT2D eigenvalue weighted by molar-refractivity contribution is -0.385. The zero-order valence-electron chi connectivity index (χ0n) is 13.9. The normalized spacial score (nSPS) is 13.3. The SMILES string of the molecule is O=[N+]([O-])c1cccc(S(=O)(=O)NC2c3ccccc3Oc3ccccc32)c1. The number of nitro groups is 1. The third-order valence-electron chi connectivity index (χ3n) is 4.29. The van der Waals surface area contributed by atoms with Crippen molar-refractivity contribution in [1.29, 1.82) is 0 Å². The van der Waals surface area contributed by atoms with E-state index in [-0.39, 0.29) is 10.6 Å². The highest BCUT2D eigenvalue weighted by Crippen LogP contribution is 2.43. The average molecular weight is 382 g/mol. The van der Waals surface area contributed by atoms with E-state index in [1.165, 1.54) is 18.2 Å². The minimum atomic E-state index is -4.01. The number of non-ortho nitro benzene ring substituents is 1. The summed E-state index contributed by atoms with van der Waals surface area (Å²) >= 11 is 0. The zero-order chi connectivity index (χ0) is 19.0. The van der Waals surface area contributed by atoms with Crippen LogP contribution in [0.2, 0.25) is 0 Å². The minimum absolute atomic E-state index is 0.168. The molecule has 1 N–H and O–H groups in total. The van der Waals surface area contributed by atoms with E-state index in [0.29, 0.717) is 22.6 Å². The van der Waals surface area contributed by atoms with E-state index in [9.17, 15) is 18.5 Å². The number of ether oxygens (including phenoxy) is 1. The second-order valence-corrected chi connectivity index (χ2v) is 7.70. The van der Waals surface area contributed by atoms with Crippen LogP contribution in [0.4, 0.5) is 5.69 Å². The van der Waals surface area contributed by atoms with Crippen LogP contribution >= 0.6 is 0 Å². The van der Waals surface area contributed by atoms with Gasteiger partial charge >= 0.3 is 0 Å². The van der Waals surface area contributed by atoms with Crippen LogP contribution in [-0.2, 0) is 10.0 Å². The molecule has 4 rings (SSSR count). The van der Waals surface area contributed by atoms with Crippen molar-refractivity contribution in [2.24, 2.45) is 0 Å². The molecule has 8 heteroatoms. The molecule has 0 saturated carbocycles. The van der Waals surface area contributed by atoms with Crippen molar-refractivity contribution in [3.05, 3.63) is 94.0 Å². The van der Waals surface area contributed by atoms with Crippen LogP contribution in [0.1, 0.15) is 17.2 Å². The first-order valence-electron chi connectivity index (χ1n) is 8.08. The summed E-state index contributed by atoms with van der Waals surface area (Å²) in [7, 11) is -4.01. The van der Waals surface area contributed by atoms with Gasteiger partial charge in [-0.3, -0.25) is 10.1 Å². The average Bonchev–Trinajstić information content (AvgIpc) is 2.68. The first kappa shape index (κ1) is 17.2. The maximum Gasteiger partial charge on any atom is 0.270 e. The first-order chi connectivity index (χ1) is 13.0. The van der Waals surface area contributed by atoms with Gasteiger partial charge in [0, 0.05) is 23.3 Å². The Bertz CT molecular complexity index is 1100. The molecule has 1 aliphatic heterocycles. The molecule has 1 heterocycles. The van der Waals surface area contributed by atoms with E-state index in [4.69, 9.17) is 4.74 Å². The lowest BCUT2D eigenvalue weighted by Crippen LogP contribution is -2.31. The van der Waals surface area contributed by atoms with Gasteiger partial charge in [-0.2, -0.15) is 4.72 Å². The van der Waals surface area contributed by atoms with Gasteiger partial charge < -0.3 is 4.74 Å². The van der Waals surface area contributed by atoms with Gasteiger partial charge in [-0.1, -0.05) is 42.5 Å². The third-order valence-corrected chi connectivity index (χ3v) is 5.71. The number of hydrogen-bond acceptors (Lipinski definition) is 5. The molecular weight excluding hydrogens is 368 g/mol. The van der Waals surface area contributed by atoms with Gasteiger partial charge in [0.05, 0.1) is 15.9 Å². The molecule has 0 radical (unpaired) electrons. The molecule has 136 valence electrons. The van der Waals surface area contributed by atoms with Crippen molar-refractivity contribution in [3.8, 4) is 11.5 Å². The molecule has 0 fully saturated rings. The summed E-state index contributed by atoms with van der Waals surface area (Å²) in [5, 5.41) is 11.0. The maximum atomic E-state index is 12.9. The number of nitrogens with one attached hydrogen (secondary N) is 1. The van der Waals surface area contributed by atoms with E-state index < -0.39 is 21.0 Å². The summed E-state index contributed by atoms with van der Waals surface area (Å²) in [6.45, 7) is 0. The van der Waals surface area contributed by atoms with E-state index in [0.717, 1.165) is 6.07 Å². The summed E-state index contributed by atoms with van der Waals surface area (Å²) in [6.07, 6.45) is 0. The summed E-state index contributed by atoms with van der Waals surface area (Å²) in [6, 6.07) is 18.6. The largest absolute Gasteiger partial charge is 0.457 e. The van der Waals surface area contributed by atoms with Crippen molar-refractivity contribution >= 4 is 15.7 Å². The number of sulfonamides is 1. The Morgan fingerprint density at radius 1 is 0.889 bits per heavy atom. The molecule has 0 aliphatic carbocycles. The van der Waals surface area contributed by atoms with E-state index in [1.54, 1.807) is 48.5 Å². The predicted molar refractivity (Wildman–Crippen MR) is 98.2 cm³/mol. The maximum absolute atomic E-state index is 12.9. The highest BCUT2D eigenvalue weighted by atomic mass is 32.2. The fraction of sp³-hybridized carbons (Fsp3) is 0.0526. The van der Waals surface area contributed by atoms with Crippen molar-refractivity contribution in [2.75, 3.05) is 0 Å². The molecule has 3 aromatic rings. The smallest absolute Gasteiger partial charge is 0.270 e. The Kier molecular flexibility index (Phi) is 4.14. The van der Waals surface area contributed by atoms with Crippen molar-refractivity contribution in [1.82, 2.24) is 4.72 Å². The second-order valence-electron chi connectivity index (χ2n) is 5.99. The van der Waals surface area contributed by atoms with Crippen LogP contribution in [0.15, 0.2) is 77.7 Å². The molecule has 0 bridgehead atoms. The van der Waals surface area contributed by atoms with Gasteiger partial charge in [0.15, 0.2) is 0 Å². The number of benzene rings is 3. The van der Waals surface area contributed by atoms with Gasteiger partial charge in [0.1, 0.15) is 11.5 Å². The topological polar surface area (TPSA) is 98.5 Å². The summed E-state index contributed by atoms with van der Waals surface area (Å²) in [4.78, 5) is 10.2. The number of nitrogens with zero attached hydrogens (tertiary/aromatic N) is 1. The van der Waals surface area contributed by atoms with Gasteiger partial charge in [-0.05, 0) is 18.2 Å². The molecule has 0 amide bonds. The number of hydrogen-bond donors (Lipinski definition) is 1. The fourth-order valence-electron chi connectivity index (χ4n) is 3.02. The molecule has 27 heavy (non-hydrogen) atoms. The van der Waals surface area contributed by atoms with Gasteiger partial charge in [-0.25, -0.2) is 8.42 Å². The zero-order valence-corrected chi connectivity index (χ0v) is 14.7. The number of fused-ring (bicyclic) bond motifs is 2. The lowest BCUT2D eigenvalue weighted by Gasteiger charge is -2.28. The van der Waals surface area contributed by atoms with Crippen LogP contribution in [0.25, 0.3) is 0 Å². The highest BCUT2D eigenvalue weighted by molar-refractivity contribution is 7.89. The molecule has 7 nitrogen and oxygen atoms in total. The summed E-state index contributed by atoms with van der Waals surface area (Å²) in [5.41, 5.74) is 1.06. The van der Waals surface area contributed by atoms with Crippen LogP contribution in [0.5, 0.6) is 11.5 Å². The van der Waals surface area contributed by atoms with Gasteiger partial charge in [0.2, 0.25) is 10.0 Å². The molecular formula is C19H14N2O5S. The number of nitro benzene ring substituents is 1. The van der Waals surface area contributed by atoms with Crippen LogP contribution in [0.3, 0.4) is 0 Å². The molecule has 1 aliphatic rings. The van der Waals surface area contributed by atoms with E-state index in [1.807, 2.05) is 0 Å². The fourth-order valence-corrected chi connectivity index (χ4v) is 4.26. The first-order valence-corrected chi connectivity index (χ1v) is 9.56. The molecule has 0 spiro atoms. The van der Waals surface area contributed by atoms with Gasteiger partial charge in [0.25, 0.3) is 5.69 Å². The Hall–Kier alpha value is -3.23. The standard InChI is InChI=1S/C19H14N2O5S/c22-21(23)13-6-5-7-14(12-13)27(24,25)20-19-15-8-1-3-10-17(15)26-18-11-4-2-9-16(18)19/h1-12,19-20H. The van der Waals surface area contributed by atoms with E-state index in [2.05, 4.69) is 4.72 Å². The van der Waals surface area contributed by atoms with E-state index >= 15 is 0 Å². The molecule has 0 saturated heterocycles. The highest BCUT2D eigenvalue weighted by Gasteiger charge is 2.31. The summed E-state index contributed by atoms with van der Waals surface area (Å²) in [5.74, 6) is 1.12. The Morgan fingerprint density at radius 2 is 1.48 bits per heavy atom. The molecule has 0 unspecified atom stereocenters. The molecule has 0 atom stereocenters. The quantitative estimate of drug-likeness (QED) is 0.547. The monoisotopic (exact) mass is 382 g/mol. The van der Waals surface area contributed by atoms with Crippen molar-refractivity contribution in [3.63, 3.8) is 0 Å². The Balaban J connectivity index is 1.78. The second kappa shape index (κ2) is 6.49. The molecule has 0 aromatic heterocycles.